The molecule has 1 saturated carbocycles. The number of nitrogens with zero attached hydrogens (tertiary/aromatic N) is 1. The number of ether oxygens (including phenoxy) is 2. The Bertz CT molecular complexity index is 1080. The van der Waals surface area contributed by atoms with E-state index in [4.69, 9.17) is 9.47 Å². The highest BCUT2D eigenvalue weighted by molar-refractivity contribution is 6.46. The summed E-state index contributed by atoms with van der Waals surface area (Å²) in [5, 5.41) is 11.4. The van der Waals surface area contributed by atoms with Crippen LogP contribution in [0.1, 0.15) is 70.0 Å². The maximum absolute atomic E-state index is 13.4. The largest absolute Gasteiger partial charge is 0.507 e. The average molecular weight is 478 g/mol. The molecule has 1 amide bonds. The van der Waals surface area contributed by atoms with Crippen LogP contribution in [0.5, 0.6) is 11.5 Å². The quantitative estimate of drug-likeness (QED) is 0.292. The Morgan fingerprint density at radius 3 is 2.37 bits per heavy atom. The Morgan fingerprint density at radius 1 is 1.00 bits per heavy atom. The first kappa shape index (κ1) is 24.8. The second kappa shape index (κ2) is 11.0. The van der Waals surface area contributed by atoms with Gasteiger partial charge in [0.05, 0.1) is 24.8 Å². The van der Waals surface area contributed by atoms with Crippen molar-refractivity contribution in [1.29, 1.82) is 0 Å². The maximum Gasteiger partial charge on any atom is 0.295 e. The van der Waals surface area contributed by atoms with Gasteiger partial charge in [-0.15, -0.1) is 0 Å². The maximum atomic E-state index is 13.4. The summed E-state index contributed by atoms with van der Waals surface area (Å²) < 4.78 is 11.4. The van der Waals surface area contributed by atoms with E-state index in [0.717, 1.165) is 43.4 Å². The average Bonchev–Trinajstić information content (AvgIpc) is 3.14. The highest BCUT2D eigenvalue weighted by Gasteiger charge is 2.48. The molecular weight excluding hydrogens is 442 g/mol. The Labute approximate surface area is 207 Å². The number of hydrogen-bond acceptors (Lipinski definition) is 5. The number of carbonyl (C=O) groups excluding carboxylic acids is 2. The third-order valence-electron chi connectivity index (χ3n) is 6.65. The number of benzene rings is 2. The van der Waals surface area contributed by atoms with Crippen molar-refractivity contribution in [3.63, 3.8) is 0 Å². The van der Waals surface area contributed by atoms with Crippen LogP contribution in [0, 0.1) is 5.92 Å². The molecule has 6 nitrogen and oxygen atoms in total. The number of likely N-dealkylation sites (tertiary alicyclic amines) is 1. The van der Waals surface area contributed by atoms with E-state index in [1.807, 2.05) is 37.3 Å². The van der Waals surface area contributed by atoms with Crippen molar-refractivity contribution in [3.8, 4) is 11.5 Å². The minimum absolute atomic E-state index is 0.0252. The lowest BCUT2D eigenvalue weighted by atomic mass is 9.91. The Balaban J connectivity index is 1.78. The smallest absolute Gasteiger partial charge is 0.295 e. The first-order valence-electron chi connectivity index (χ1n) is 12.7. The molecule has 1 heterocycles. The van der Waals surface area contributed by atoms with Gasteiger partial charge in [0.15, 0.2) is 0 Å². The van der Waals surface area contributed by atoms with Gasteiger partial charge in [0.2, 0.25) is 0 Å². The fourth-order valence-electron chi connectivity index (χ4n) is 4.98. The highest BCUT2D eigenvalue weighted by Crippen LogP contribution is 2.43. The van der Waals surface area contributed by atoms with Crippen LogP contribution >= 0.6 is 0 Å². The molecule has 0 bridgehead atoms. The molecule has 2 aliphatic rings. The van der Waals surface area contributed by atoms with E-state index < -0.39 is 17.7 Å². The number of amides is 1. The third kappa shape index (κ3) is 5.37. The molecule has 1 saturated heterocycles. The molecule has 4 rings (SSSR count). The number of rotatable bonds is 8. The van der Waals surface area contributed by atoms with Crippen molar-refractivity contribution in [2.75, 3.05) is 13.2 Å². The van der Waals surface area contributed by atoms with Crippen molar-refractivity contribution in [2.24, 2.45) is 5.92 Å². The predicted molar refractivity (Wildman–Crippen MR) is 135 cm³/mol. The molecule has 2 fully saturated rings. The van der Waals surface area contributed by atoms with Crippen molar-refractivity contribution in [3.05, 3.63) is 65.2 Å². The van der Waals surface area contributed by atoms with Gasteiger partial charge >= 0.3 is 0 Å². The minimum Gasteiger partial charge on any atom is -0.507 e. The lowest BCUT2D eigenvalue weighted by Gasteiger charge is -2.35. The van der Waals surface area contributed by atoms with Gasteiger partial charge in [-0.25, -0.2) is 0 Å². The van der Waals surface area contributed by atoms with E-state index in [1.54, 1.807) is 23.1 Å². The summed E-state index contributed by atoms with van der Waals surface area (Å²) in [6.07, 6.45) is 4.91. The molecule has 0 aromatic heterocycles. The summed E-state index contributed by atoms with van der Waals surface area (Å²) in [6, 6.07) is 13.9. The predicted octanol–water partition coefficient (Wildman–Crippen LogP) is 5.87. The van der Waals surface area contributed by atoms with E-state index in [2.05, 4.69) is 13.8 Å². The summed E-state index contributed by atoms with van der Waals surface area (Å²) in [7, 11) is 0. The molecule has 2 aromatic carbocycles. The number of Topliss-reactive ketones (excluding diaryl/α,β-unsaturated/α-hetero) is 1. The lowest BCUT2D eigenvalue weighted by Crippen LogP contribution is -2.40. The van der Waals surface area contributed by atoms with E-state index in [0.29, 0.717) is 30.4 Å². The van der Waals surface area contributed by atoms with Crippen LogP contribution in [-0.4, -0.2) is 41.0 Å². The second-order valence-electron chi connectivity index (χ2n) is 9.73. The Morgan fingerprint density at radius 2 is 1.71 bits per heavy atom. The van der Waals surface area contributed by atoms with E-state index in [-0.39, 0.29) is 17.4 Å². The molecule has 1 aliphatic carbocycles. The van der Waals surface area contributed by atoms with Crippen LogP contribution in [0.4, 0.5) is 0 Å². The van der Waals surface area contributed by atoms with E-state index in [9.17, 15) is 14.7 Å². The number of aliphatic hydroxyl groups is 1. The van der Waals surface area contributed by atoms with Gasteiger partial charge in [0.1, 0.15) is 17.3 Å². The van der Waals surface area contributed by atoms with Gasteiger partial charge in [0, 0.05) is 11.6 Å². The summed E-state index contributed by atoms with van der Waals surface area (Å²) in [4.78, 5) is 28.4. The van der Waals surface area contributed by atoms with Gasteiger partial charge in [-0.05, 0) is 55.5 Å². The molecule has 2 aromatic rings. The van der Waals surface area contributed by atoms with E-state index >= 15 is 0 Å². The molecule has 186 valence electrons. The zero-order valence-electron chi connectivity index (χ0n) is 20.8. The molecule has 1 N–H and O–H groups in total. The molecule has 1 atom stereocenters. The standard InChI is InChI=1S/C29H35NO5/c1-4-34-23-15-13-20(14-16-23)26-25(28(32)29(33)30(26)22-10-6-5-7-11-22)27(31)21-9-8-12-24(17-21)35-18-19(2)3/h8-9,12-17,19,22,26,31H,4-7,10-11,18H2,1-3H3/b27-25-. The topological polar surface area (TPSA) is 76.1 Å². The van der Waals surface area contributed by atoms with Crippen LogP contribution < -0.4 is 9.47 Å². The van der Waals surface area contributed by atoms with Gasteiger partial charge in [-0.3, -0.25) is 9.59 Å². The Kier molecular flexibility index (Phi) is 7.79. The van der Waals surface area contributed by atoms with Crippen LogP contribution in [0.25, 0.3) is 5.76 Å². The molecule has 1 unspecified atom stereocenters. The fourth-order valence-corrected chi connectivity index (χ4v) is 4.98. The first-order chi connectivity index (χ1) is 16.9. The fraction of sp³-hybridized carbons (Fsp3) is 0.448. The molecule has 0 radical (unpaired) electrons. The molecule has 1 aliphatic heterocycles. The minimum atomic E-state index is -0.644. The van der Waals surface area contributed by atoms with Gasteiger partial charge in [-0.1, -0.05) is 57.4 Å². The third-order valence-corrected chi connectivity index (χ3v) is 6.65. The Hall–Kier alpha value is -3.28. The van der Waals surface area contributed by atoms with Crippen molar-refractivity contribution >= 4 is 17.4 Å². The van der Waals surface area contributed by atoms with E-state index in [1.165, 1.54) is 0 Å². The SMILES string of the molecule is CCOc1ccc(C2/C(=C(/O)c3cccc(OCC(C)C)c3)C(=O)C(=O)N2C2CCCCC2)cc1. The number of ketones is 1. The van der Waals surface area contributed by atoms with Crippen LogP contribution in [0.2, 0.25) is 0 Å². The number of aliphatic hydroxyl groups excluding tert-OH is 1. The van der Waals surface area contributed by atoms with Crippen molar-refractivity contribution in [2.45, 2.75) is 65.0 Å². The zero-order chi connectivity index (χ0) is 24.9. The van der Waals surface area contributed by atoms with Crippen molar-refractivity contribution in [1.82, 2.24) is 4.90 Å². The molecule has 35 heavy (non-hydrogen) atoms. The van der Waals surface area contributed by atoms with Gasteiger partial charge in [0.25, 0.3) is 11.7 Å². The second-order valence-corrected chi connectivity index (χ2v) is 9.73. The monoisotopic (exact) mass is 477 g/mol. The zero-order valence-corrected chi connectivity index (χ0v) is 20.8. The van der Waals surface area contributed by atoms with Crippen LogP contribution in [0.3, 0.4) is 0 Å². The summed E-state index contributed by atoms with van der Waals surface area (Å²) >= 11 is 0. The summed E-state index contributed by atoms with van der Waals surface area (Å²) in [6.45, 7) is 7.14. The lowest BCUT2D eigenvalue weighted by molar-refractivity contribution is -0.141. The first-order valence-corrected chi connectivity index (χ1v) is 12.7. The van der Waals surface area contributed by atoms with Crippen molar-refractivity contribution < 1.29 is 24.2 Å². The normalized spacial score (nSPS) is 20.5. The molecule has 6 heteroatoms. The highest BCUT2D eigenvalue weighted by atomic mass is 16.5. The number of hydrogen-bond donors (Lipinski definition) is 1. The van der Waals surface area contributed by atoms with Gasteiger partial charge in [-0.2, -0.15) is 0 Å². The summed E-state index contributed by atoms with van der Waals surface area (Å²) in [5.41, 5.74) is 1.38. The van der Waals surface area contributed by atoms with Gasteiger partial charge < -0.3 is 19.5 Å². The molecular formula is C29H35NO5. The van der Waals surface area contributed by atoms with Crippen LogP contribution in [0.15, 0.2) is 54.1 Å². The van der Waals surface area contributed by atoms with Crippen LogP contribution in [-0.2, 0) is 9.59 Å². The summed E-state index contributed by atoms with van der Waals surface area (Å²) in [5.74, 6) is 0.344. The number of carbonyl (C=O) groups is 2. The molecule has 0 spiro atoms.